The number of benzene rings is 1. The molecule has 1 aromatic carbocycles. The number of thioether (sulfide) groups is 1. The van der Waals surface area contributed by atoms with Crippen LogP contribution in [0.25, 0.3) is 5.57 Å². The van der Waals surface area contributed by atoms with Gasteiger partial charge in [0.1, 0.15) is 17.7 Å². The number of nitrogens with zero attached hydrogens (tertiary/aromatic N) is 1. The second kappa shape index (κ2) is 7.43. The van der Waals surface area contributed by atoms with Crippen molar-refractivity contribution in [2.75, 3.05) is 29.5 Å². The highest BCUT2D eigenvalue weighted by atomic mass is 32.2. The van der Waals surface area contributed by atoms with Gasteiger partial charge in [-0.25, -0.2) is 13.6 Å². The minimum Gasteiger partial charge on any atom is -0.442 e. The monoisotopic (exact) mass is 368 g/mol. The van der Waals surface area contributed by atoms with Gasteiger partial charge in [0.15, 0.2) is 0 Å². The number of ether oxygens (including phenoxy) is 1. The molecule has 2 aliphatic rings. The fourth-order valence-corrected chi connectivity index (χ4v) is 3.72. The summed E-state index contributed by atoms with van der Waals surface area (Å²) in [5.74, 6) is -0.0537. The van der Waals surface area contributed by atoms with Crippen LogP contribution in [0.2, 0.25) is 0 Å². The average Bonchev–Trinajstić information content (AvgIpc) is 2.94. The second-order valence-corrected chi connectivity index (χ2v) is 7.04. The highest BCUT2D eigenvalue weighted by Gasteiger charge is 2.33. The summed E-state index contributed by atoms with van der Waals surface area (Å²) in [6.45, 7) is 1.64. The van der Waals surface area contributed by atoms with Gasteiger partial charge in [0.25, 0.3) is 0 Å². The SMILES string of the molecule is CC(=O)NCC1CN(c2cc(F)c(C3=CCSCC3)c(F)c2)C(=O)O1. The molecule has 0 aromatic heterocycles. The van der Waals surface area contributed by atoms with Crippen LogP contribution in [0.1, 0.15) is 18.9 Å². The molecule has 0 bridgehead atoms. The number of carbonyl (C=O) groups excluding carboxylic acids is 2. The highest BCUT2D eigenvalue weighted by Crippen LogP contribution is 2.33. The molecule has 0 saturated carbocycles. The Kier molecular flexibility index (Phi) is 5.27. The van der Waals surface area contributed by atoms with Crippen molar-refractivity contribution in [3.8, 4) is 0 Å². The number of anilines is 1. The van der Waals surface area contributed by atoms with Crippen LogP contribution >= 0.6 is 11.8 Å². The van der Waals surface area contributed by atoms with Gasteiger partial charge in [-0.15, -0.1) is 0 Å². The van der Waals surface area contributed by atoms with E-state index in [1.165, 1.54) is 11.8 Å². The van der Waals surface area contributed by atoms with Crippen LogP contribution in [0, 0.1) is 11.6 Å². The van der Waals surface area contributed by atoms with Gasteiger partial charge in [-0.3, -0.25) is 9.69 Å². The van der Waals surface area contributed by atoms with Gasteiger partial charge in [0.05, 0.1) is 18.8 Å². The van der Waals surface area contributed by atoms with Gasteiger partial charge in [-0.2, -0.15) is 11.8 Å². The molecule has 25 heavy (non-hydrogen) atoms. The first-order chi connectivity index (χ1) is 12.0. The molecule has 1 aromatic rings. The van der Waals surface area contributed by atoms with Crippen molar-refractivity contribution in [1.82, 2.24) is 5.32 Å². The van der Waals surface area contributed by atoms with E-state index in [0.29, 0.717) is 12.0 Å². The molecule has 1 N–H and O–H groups in total. The molecule has 1 saturated heterocycles. The predicted molar refractivity (Wildman–Crippen MR) is 92.6 cm³/mol. The first-order valence-electron chi connectivity index (χ1n) is 7.94. The molecule has 0 radical (unpaired) electrons. The molecule has 1 fully saturated rings. The number of allylic oxidation sites excluding steroid dienone is 1. The number of nitrogens with one attached hydrogen (secondary N) is 1. The summed E-state index contributed by atoms with van der Waals surface area (Å²) < 4.78 is 34.1. The van der Waals surface area contributed by atoms with Crippen molar-refractivity contribution in [3.63, 3.8) is 0 Å². The highest BCUT2D eigenvalue weighted by molar-refractivity contribution is 7.99. The fraction of sp³-hybridized carbons (Fsp3) is 0.412. The van der Waals surface area contributed by atoms with Crippen LogP contribution < -0.4 is 10.2 Å². The van der Waals surface area contributed by atoms with E-state index in [-0.39, 0.29) is 30.2 Å². The summed E-state index contributed by atoms with van der Waals surface area (Å²) in [4.78, 5) is 24.1. The van der Waals surface area contributed by atoms with Crippen LogP contribution in [-0.2, 0) is 9.53 Å². The Morgan fingerprint density at radius 1 is 1.40 bits per heavy atom. The van der Waals surface area contributed by atoms with Crippen molar-refractivity contribution in [3.05, 3.63) is 35.4 Å². The zero-order chi connectivity index (χ0) is 18.0. The minimum absolute atomic E-state index is 0.0218. The molecule has 1 unspecified atom stereocenters. The van der Waals surface area contributed by atoms with Crippen molar-refractivity contribution < 1.29 is 23.1 Å². The standard InChI is InChI=1S/C17H18F2N2O3S/c1-10(22)20-8-13-9-21(17(23)24-13)12-6-14(18)16(15(19)7-12)11-2-4-25-5-3-11/h2,6-7,13H,3-5,8-9H2,1H3,(H,20,22). The quantitative estimate of drug-likeness (QED) is 0.888. The lowest BCUT2D eigenvalue weighted by Crippen LogP contribution is -2.33. The van der Waals surface area contributed by atoms with Gasteiger partial charge < -0.3 is 10.1 Å². The van der Waals surface area contributed by atoms with E-state index in [2.05, 4.69) is 5.32 Å². The largest absolute Gasteiger partial charge is 0.442 e. The molecular weight excluding hydrogens is 350 g/mol. The maximum Gasteiger partial charge on any atom is 0.414 e. The third-order valence-corrected chi connectivity index (χ3v) is 4.97. The molecule has 134 valence electrons. The fourth-order valence-electron chi connectivity index (χ4n) is 2.87. The third kappa shape index (κ3) is 3.95. The maximum absolute atomic E-state index is 14.5. The maximum atomic E-state index is 14.5. The minimum atomic E-state index is -0.689. The number of cyclic esters (lactones) is 1. The van der Waals surface area contributed by atoms with E-state index in [1.807, 2.05) is 6.08 Å². The van der Waals surface area contributed by atoms with Gasteiger partial charge in [-0.1, -0.05) is 6.08 Å². The lowest BCUT2D eigenvalue weighted by atomic mass is 10.0. The van der Waals surface area contributed by atoms with Crippen LogP contribution in [0.4, 0.5) is 19.3 Å². The van der Waals surface area contributed by atoms with E-state index < -0.39 is 23.8 Å². The Morgan fingerprint density at radius 2 is 2.12 bits per heavy atom. The van der Waals surface area contributed by atoms with Crippen LogP contribution in [-0.4, -0.2) is 42.7 Å². The molecule has 2 amide bonds. The smallest absolute Gasteiger partial charge is 0.414 e. The van der Waals surface area contributed by atoms with E-state index in [4.69, 9.17) is 4.74 Å². The summed E-state index contributed by atoms with van der Waals surface area (Å²) in [5, 5.41) is 2.55. The molecule has 5 nitrogen and oxygen atoms in total. The topological polar surface area (TPSA) is 58.6 Å². The van der Waals surface area contributed by atoms with Crippen molar-refractivity contribution >= 4 is 35.0 Å². The van der Waals surface area contributed by atoms with Crippen LogP contribution in [0.3, 0.4) is 0 Å². The lowest BCUT2D eigenvalue weighted by molar-refractivity contribution is -0.119. The molecular formula is C17H18F2N2O3S. The molecule has 1 atom stereocenters. The Labute approximate surface area is 148 Å². The molecule has 2 heterocycles. The van der Waals surface area contributed by atoms with E-state index in [0.717, 1.165) is 23.6 Å². The Hall–Kier alpha value is -2.09. The molecule has 0 aliphatic carbocycles. The summed E-state index contributed by atoms with van der Waals surface area (Å²) in [6.07, 6.45) is 1.21. The van der Waals surface area contributed by atoms with Crippen molar-refractivity contribution in [2.45, 2.75) is 19.4 Å². The summed E-state index contributed by atoms with van der Waals surface area (Å²) >= 11 is 1.72. The van der Waals surface area contributed by atoms with Crippen LogP contribution in [0.15, 0.2) is 18.2 Å². The average molecular weight is 368 g/mol. The van der Waals surface area contributed by atoms with E-state index in [9.17, 15) is 18.4 Å². The number of hydrogen-bond acceptors (Lipinski definition) is 4. The predicted octanol–water partition coefficient (Wildman–Crippen LogP) is 2.95. The van der Waals surface area contributed by atoms with Gasteiger partial charge in [0, 0.05) is 18.2 Å². The Bertz CT molecular complexity index is 716. The number of halogens is 2. The molecule has 8 heteroatoms. The van der Waals surface area contributed by atoms with Crippen molar-refractivity contribution in [2.24, 2.45) is 0 Å². The zero-order valence-corrected chi connectivity index (χ0v) is 14.5. The number of amides is 2. The summed E-state index contributed by atoms with van der Waals surface area (Å²) in [7, 11) is 0. The summed E-state index contributed by atoms with van der Waals surface area (Å²) in [5.41, 5.74) is 0.749. The molecule has 3 rings (SSSR count). The molecule has 0 spiro atoms. The van der Waals surface area contributed by atoms with Crippen molar-refractivity contribution in [1.29, 1.82) is 0 Å². The number of rotatable bonds is 4. The number of hydrogen-bond donors (Lipinski definition) is 1. The second-order valence-electron chi connectivity index (χ2n) is 5.89. The first-order valence-corrected chi connectivity index (χ1v) is 9.10. The Morgan fingerprint density at radius 3 is 2.72 bits per heavy atom. The van der Waals surface area contributed by atoms with Gasteiger partial charge >= 0.3 is 6.09 Å². The van der Waals surface area contributed by atoms with Gasteiger partial charge in [-0.05, 0) is 29.9 Å². The zero-order valence-electron chi connectivity index (χ0n) is 13.7. The van der Waals surface area contributed by atoms with Gasteiger partial charge in [0.2, 0.25) is 5.91 Å². The number of carbonyl (C=O) groups is 2. The van der Waals surface area contributed by atoms with E-state index >= 15 is 0 Å². The normalized spacial score (nSPS) is 20.3. The van der Waals surface area contributed by atoms with E-state index in [1.54, 1.807) is 11.8 Å². The molecule has 2 aliphatic heterocycles. The third-order valence-electron chi connectivity index (χ3n) is 4.08. The van der Waals surface area contributed by atoms with Crippen LogP contribution in [0.5, 0.6) is 0 Å². The lowest BCUT2D eigenvalue weighted by Gasteiger charge is -2.18. The summed E-state index contributed by atoms with van der Waals surface area (Å²) in [6, 6.07) is 2.31. The first kappa shape index (κ1) is 17.7. The Balaban J connectivity index is 1.80.